The predicted octanol–water partition coefficient (Wildman–Crippen LogP) is 2.02. The average Bonchev–Trinajstić information content (AvgIpc) is 2.45. The maximum atomic E-state index is 12.5. The molecule has 2 rings (SSSR count). The van der Waals surface area contributed by atoms with Crippen LogP contribution in [-0.4, -0.2) is 46.0 Å². The maximum Gasteiger partial charge on any atom is 0.335 e. The van der Waals surface area contributed by atoms with E-state index in [1.165, 1.54) is 12.1 Å². The Hall–Kier alpha value is -2.37. The van der Waals surface area contributed by atoms with Gasteiger partial charge in [-0.05, 0) is 49.4 Å². The molecule has 1 unspecified atom stereocenters. The Bertz CT molecular complexity index is 611. The number of piperidine rings is 1. The number of carbonyl (C=O) groups is 3. The predicted molar refractivity (Wildman–Crippen MR) is 79.0 cm³/mol. The molecule has 0 saturated carbocycles. The second-order valence-electron chi connectivity index (χ2n) is 5.75. The number of aromatic carboxylic acids is 1. The first-order valence-electron chi connectivity index (χ1n) is 7.23. The van der Waals surface area contributed by atoms with Crippen molar-refractivity contribution < 1.29 is 24.6 Å². The van der Waals surface area contributed by atoms with E-state index in [2.05, 4.69) is 0 Å². The van der Waals surface area contributed by atoms with Crippen LogP contribution in [0.2, 0.25) is 0 Å². The fourth-order valence-corrected chi connectivity index (χ4v) is 2.88. The van der Waals surface area contributed by atoms with Gasteiger partial charge in [0.25, 0.3) is 5.91 Å². The molecule has 1 atom stereocenters. The van der Waals surface area contributed by atoms with E-state index in [0.29, 0.717) is 24.2 Å². The standard InChI is InChI=1S/C16H19NO5/c1-10-5-12(8-13(6-10)16(21)22)15(20)17-4-2-3-11(9-17)7-14(18)19/h5-6,8,11H,2-4,7,9H2,1H3,(H,18,19)(H,21,22). The normalized spacial score (nSPS) is 18.0. The number of hydrogen-bond donors (Lipinski definition) is 2. The monoisotopic (exact) mass is 305 g/mol. The summed E-state index contributed by atoms with van der Waals surface area (Å²) in [6.07, 6.45) is 1.61. The number of hydrogen-bond acceptors (Lipinski definition) is 3. The molecule has 0 radical (unpaired) electrons. The number of amides is 1. The lowest BCUT2D eigenvalue weighted by Crippen LogP contribution is -2.40. The summed E-state index contributed by atoms with van der Waals surface area (Å²) in [7, 11) is 0. The van der Waals surface area contributed by atoms with Gasteiger partial charge < -0.3 is 15.1 Å². The number of rotatable bonds is 4. The van der Waals surface area contributed by atoms with Gasteiger partial charge in [-0.1, -0.05) is 0 Å². The first-order chi connectivity index (χ1) is 10.4. The minimum atomic E-state index is -1.07. The number of carboxylic acids is 2. The molecule has 0 aromatic heterocycles. The summed E-state index contributed by atoms with van der Waals surface area (Å²) in [4.78, 5) is 36.1. The van der Waals surface area contributed by atoms with Crippen LogP contribution in [0.25, 0.3) is 0 Å². The summed E-state index contributed by atoms with van der Waals surface area (Å²) in [5, 5.41) is 17.9. The molecule has 6 nitrogen and oxygen atoms in total. The third-order valence-electron chi connectivity index (χ3n) is 3.84. The van der Waals surface area contributed by atoms with Gasteiger partial charge in [-0.3, -0.25) is 9.59 Å². The zero-order valence-corrected chi connectivity index (χ0v) is 12.4. The van der Waals surface area contributed by atoms with E-state index in [1.54, 1.807) is 17.9 Å². The van der Waals surface area contributed by atoms with Gasteiger partial charge in [0.1, 0.15) is 0 Å². The van der Waals surface area contributed by atoms with Crippen LogP contribution in [0.3, 0.4) is 0 Å². The van der Waals surface area contributed by atoms with E-state index >= 15 is 0 Å². The number of nitrogens with zero attached hydrogens (tertiary/aromatic N) is 1. The molecule has 0 aliphatic carbocycles. The second-order valence-corrected chi connectivity index (χ2v) is 5.75. The molecule has 1 amide bonds. The van der Waals surface area contributed by atoms with E-state index in [-0.39, 0.29) is 23.8 Å². The van der Waals surface area contributed by atoms with Crippen LogP contribution >= 0.6 is 0 Å². The van der Waals surface area contributed by atoms with Gasteiger partial charge in [0, 0.05) is 25.1 Å². The Labute approximate surface area is 128 Å². The highest BCUT2D eigenvalue weighted by molar-refractivity contribution is 5.97. The summed E-state index contributed by atoms with van der Waals surface area (Å²) in [6, 6.07) is 4.55. The fourth-order valence-electron chi connectivity index (χ4n) is 2.88. The minimum Gasteiger partial charge on any atom is -0.481 e. The molecule has 0 spiro atoms. The SMILES string of the molecule is Cc1cc(C(=O)O)cc(C(=O)N2CCCC(CC(=O)O)C2)c1. The molecule has 1 aromatic rings. The topological polar surface area (TPSA) is 94.9 Å². The lowest BCUT2D eigenvalue weighted by atomic mass is 9.94. The smallest absolute Gasteiger partial charge is 0.335 e. The fraction of sp³-hybridized carbons (Fsp3) is 0.438. The number of aliphatic carboxylic acids is 1. The van der Waals surface area contributed by atoms with Crippen molar-refractivity contribution in [2.24, 2.45) is 5.92 Å². The molecule has 118 valence electrons. The molecule has 1 aliphatic rings. The van der Waals surface area contributed by atoms with E-state index in [1.807, 2.05) is 0 Å². The molecule has 0 bridgehead atoms. The summed E-state index contributed by atoms with van der Waals surface area (Å²) in [6.45, 7) is 2.72. The van der Waals surface area contributed by atoms with E-state index in [0.717, 1.165) is 12.8 Å². The van der Waals surface area contributed by atoms with E-state index in [4.69, 9.17) is 10.2 Å². The van der Waals surface area contributed by atoms with Crippen LogP contribution in [0.15, 0.2) is 18.2 Å². The average molecular weight is 305 g/mol. The zero-order valence-electron chi connectivity index (χ0n) is 12.4. The van der Waals surface area contributed by atoms with Crippen LogP contribution in [0.1, 0.15) is 45.5 Å². The molecule has 1 heterocycles. The van der Waals surface area contributed by atoms with Crippen molar-refractivity contribution in [2.75, 3.05) is 13.1 Å². The summed E-state index contributed by atoms with van der Waals surface area (Å²) in [5.41, 5.74) is 1.14. The van der Waals surface area contributed by atoms with E-state index in [9.17, 15) is 14.4 Å². The van der Waals surface area contributed by atoms with Crippen LogP contribution in [-0.2, 0) is 4.79 Å². The third kappa shape index (κ3) is 3.84. The highest BCUT2D eigenvalue weighted by Crippen LogP contribution is 2.22. The van der Waals surface area contributed by atoms with Crippen LogP contribution in [0.5, 0.6) is 0 Å². The molecule has 22 heavy (non-hydrogen) atoms. The second kappa shape index (κ2) is 6.60. The van der Waals surface area contributed by atoms with Gasteiger partial charge in [0.15, 0.2) is 0 Å². The Morgan fingerprint density at radius 2 is 1.86 bits per heavy atom. The molecular weight excluding hydrogens is 286 g/mol. The van der Waals surface area contributed by atoms with Gasteiger partial charge in [0.2, 0.25) is 0 Å². The minimum absolute atomic E-state index is 0.0426. The molecule has 1 fully saturated rings. The lowest BCUT2D eigenvalue weighted by molar-refractivity contribution is -0.138. The molecule has 2 N–H and O–H groups in total. The Morgan fingerprint density at radius 1 is 1.18 bits per heavy atom. The summed E-state index contributed by atoms with van der Waals surface area (Å²) >= 11 is 0. The van der Waals surface area contributed by atoms with Crippen molar-refractivity contribution in [1.82, 2.24) is 4.90 Å². The lowest BCUT2D eigenvalue weighted by Gasteiger charge is -2.32. The van der Waals surface area contributed by atoms with Gasteiger partial charge in [-0.25, -0.2) is 4.79 Å². The van der Waals surface area contributed by atoms with Gasteiger partial charge in [-0.15, -0.1) is 0 Å². The first kappa shape index (κ1) is 16.0. The van der Waals surface area contributed by atoms with E-state index < -0.39 is 11.9 Å². The number of likely N-dealkylation sites (tertiary alicyclic amines) is 1. The molecule has 1 saturated heterocycles. The van der Waals surface area contributed by atoms with Crippen molar-refractivity contribution in [1.29, 1.82) is 0 Å². The molecule has 1 aromatic carbocycles. The number of aryl methyl sites for hydroxylation is 1. The molecule has 1 aliphatic heterocycles. The highest BCUT2D eigenvalue weighted by Gasteiger charge is 2.26. The van der Waals surface area contributed by atoms with Gasteiger partial charge in [0.05, 0.1) is 5.56 Å². The third-order valence-corrected chi connectivity index (χ3v) is 3.84. The van der Waals surface area contributed by atoms with Gasteiger partial charge in [-0.2, -0.15) is 0 Å². The quantitative estimate of drug-likeness (QED) is 0.887. The number of benzene rings is 1. The molecular formula is C16H19NO5. The van der Waals surface area contributed by atoms with Crippen molar-refractivity contribution in [2.45, 2.75) is 26.2 Å². The summed E-state index contributed by atoms with van der Waals surface area (Å²) < 4.78 is 0. The highest BCUT2D eigenvalue weighted by atomic mass is 16.4. The van der Waals surface area contributed by atoms with Crippen molar-refractivity contribution in [3.63, 3.8) is 0 Å². The maximum absolute atomic E-state index is 12.5. The molecule has 6 heteroatoms. The zero-order chi connectivity index (χ0) is 16.3. The van der Waals surface area contributed by atoms with Gasteiger partial charge >= 0.3 is 11.9 Å². The van der Waals surface area contributed by atoms with Crippen molar-refractivity contribution in [3.8, 4) is 0 Å². The largest absolute Gasteiger partial charge is 0.481 e. The van der Waals surface area contributed by atoms with Crippen LogP contribution in [0, 0.1) is 12.8 Å². The Balaban J connectivity index is 2.17. The number of carbonyl (C=O) groups excluding carboxylic acids is 1. The Kier molecular flexibility index (Phi) is 4.80. The number of carboxylic acid groups (broad SMARTS) is 2. The summed E-state index contributed by atoms with van der Waals surface area (Å²) in [5.74, 6) is -2.21. The van der Waals surface area contributed by atoms with Crippen LogP contribution in [0.4, 0.5) is 0 Å². The van der Waals surface area contributed by atoms with Crippen molar-refractivity contribution in [3.05, 3.63) is 34.9 Å². The Morgan fingerprint density at radius 3 is 2.50 bits per heavy atom. The first-order valence-corrected chi connectivity index (χ1v) is 7.23. The van der Waals surface area contributed by atoms with Crippen LogP contribution < -0.4 is 0 Å². The van der Waals surface area contributed by atoms with Crippen molar-refractivity contribution >= 4 is 17.8 Å².